The summed E-state index contributed by atoms with van der Waals surface area (Å²) in [5, 5.41) is 0. The smallest absolute Gasteiger partial charge is 0.231 e. The van der Waals surface area contributed by atoms with Crippen molar-refractivity contribution < 1.29 is 23.7 Å². The summed E-state index contributed by atoms with van der Waals surface area (Å²) in [7, 11) is 0. The Bertz CT molecular complexity index is 912. The zero-order chi connectivity index (χ0) is 19.6. The van der Waals surface area contributed by atoms with Crippen molar-refractivity contribution in [2.24, 2.45) is 0 Å². The van der Waals surface area contributed by atoms with Crippen molar-refractivity contribution in [1.82, 2.24) is 4.90 Å². The molecule has 0 saturated carbocycles. The van der Waals surface area contributed by atoms with E-state index in [1.54, 1.807) is 0 Å². The van der Waals surface area contributed by atoms with Gasteiger partial charge in [-0.25, -0.2) is 0 Å². The Labute approximate surface area is 170 Å². The van der Waals surface area contributed by atoms with Gasteiger partial charge in [-0.3, -0.25) is 4.79 Å². The second-order valence-electron chi connectivity index (χ2n) is 7.78. The molecule has 3 aliphatic heterocycles. The van der Waals surface area contributed by atoms with Crippen LogP contribution in [0.1, 0.15) is 41.1 Å². The number of ether oxygens (including phenoxy) is 4. The highest BCUT2D eigenvalue weighted by Gasteiger charge is 2.25. The van der Waals surface area contributed by atoms with Gasteiger partial charge in [-0.15, -0.1) is 0 Å². The van der Waals surface area contributed by atoms with E-state index in [4.69, 9.17) is 18.9 Å². The van der Waals surface area contributed by atoms with Crippen LogP contribution in [0.25, 0.3) is 0 Å². The third kappa shape index (κ3) is 3.90. The predicted molar refractivity (Wildman–Crippen MR) is 107 cm³/mol. The lowest BCUT2D eigenvalue weighted by Gasteiger charge is -2.19. The molecule has 1 saturated heterocycles. The third-order valence-corrected chi connectivity index (χ3v) is 5.88. The SMILES string of the molecule is O=C(CCCN1CCC(c2ccc3c(c2)OCO3)C1)c1ccc2c(c1)OCCO2. The first-order valence-electron chi connectivity index (χ1n) is 10.3. The maximum atomic E-state index is 12.6. The molecule has 2 aromatic carbocycles. The summed E-state index contributed by atoms with van der Waals surface area (Å²) in [5.74, 6) is 3.76. The van der Waals surface area contributed by atoms with Gasteiger partial charge in [0, 0.05) is 18.5 Å². The topological polar surface area (TPSA) is 57.2 Å². The van der Waals surface area contributed by atoms with Gasteiger partial charge in [0.2, 0.25) is 6.79 Å². The maximum absolute atomic E-state index is 12.6. The molecule has 1 unspecified atom stereocenters. The summed E-state index contributed by atoms with van der Waals surface area (Å²) in [6, 6.07) is 11.7. The first-order chi connectivity index (χ1) is 14.3. The summed E-state index contributed by atoms with van der Waals surface area (Å²) >= 11 is 0. The molecule has 3 aliphatic rings. The molecule has 3 heterocycles. The van der Waals surface area contributed by atoms with E-state index in [-0.39, 0.29) is 5.78 Å². The third-order valence-electron chi connectivity index (χ3n) is 5.88. The number of ketones is 1. The fourth-order valence-electron chi connectivity index (χ4n) is 4.30. The largest absolute Gasteiger partial charge is 0.486 e. The minimum Gasteiger partial charge on any atom is -0.486 e. The number of nitrogens with zero attached hydrogens (tertiary/aromatic N) is 1. The first kappa shape index (κ1) is 18.3. The van der Waals surface area contributed by atoms with E-state index in [0.717, 1.165) is 49.7 Å². The van der Waals surface area contributed by atoms with Gasteiger partial charge >= 0.3 is 0 Å². The molecular weight excluding hydrogens is 370 g/mol. The second kappa shape index (κ2) is 7.95. The van der Waals surface area contributed by atoms with Crippen molar-refractivity contribution in [3.8, 4) is 23.0 Å². The summed E-state index contributed by atoms with van der Waals surface area (Å²) in [6.07, 6.45) is 2.54. The lowest BCUT2D eigenvalue weighted by molar-refractivity contribution is 0.0974. The Kier molecular flexibility index (Phi) is 5.02. The Hall–Kier alpha value is -2.73. The number of likely N-dealkylation sites (tertiary alicyclic amines) is 1. The van der Waals surface area contributed by atoms with Crippen molar-refractivity contribution in [1.29, 1.82) is 0 Å². The minimum absolute atomic E-state index is 0.161. The van der Waals surface area contributed by atoms with Gasteiger partial charge in [0.15, 0.2) is 28.8 Å². The van der Waals surface area contributed by atoms with Gasteiger partial charge < -0.3 is 23.8 Å². The molecule has 0 radical (unpaired) electrons. The Morgan fingerprint density at radius 1 is 0.931 bits per heavy atom. The summed E-state index contributed by atoms with van der Waals surface area (Å²) < 4.78 is 22.0. The molecule has 1 atom stereocenters. The molecule has 152 valence electrons. The lowest BCUT2D eigenvalue weighted by atomic mass is 9.98. The van der Waals surface area contributed by atoms with Crippen LogP contribution in [0.3, 0.4) is 0 Å². The molecule has 0 amide bonds. The fraction of sp³-hybridized carbons (Fsp3) is 0.435. The van der Waals surface area contributed by atoms with E-state index in [1.165, 1.54) is 5.56 Å². The lowest BCUT2D eigenvalue weighted by Crippen LogP contribution is -2.22. The minimum atomic E-state index is 0.161. The molecular formula is C23H25NO5. The van der Waals surface area contributed by atoms with Crippen LogP contribution in [-0.2, 0) is 0 Å². The number of rotatable bonds is 6. The fourth-order valence-corrected chi connectivity index (χ4v) is 4.30. The number of hydrogen-bond donors (Lipinski definition) is 0. The number of benzene rings is 2. The van der Waals surface area contributed by atoms with Crippen LogP contribution in [-0.4, -0.2) is 50.3 Å². The Morgan fingerprint density at radius 3 is 2.62 bits per heavy atom. The highest BCUT2D eigenvalue weighted by atomic mass is 16.7. The molecule has 6 nitrogen and oxygen atoms in total. The van der Waals surface area contributed by atoms with Crippen molar-refractivity contribution in [3.05, 3.63) is 47.5 Å². The zero-order valence-corrected chi connectivity index (χ0v) is 16.4. The van der Waals surface area contributed by atoms with Gasteiger partial charge in [-0.05, 0) is 67.7 Å². The number of carbonyl (C=O) groups excluding carboxylic acids is 1. The van der Waals surface area contributed by atoms with E-state index in [0.29, 0.717) is 43.7 Å². The maximum Gasteiger partial charge on any atom is 0.231 e. The Morgan fingerprint density at radius 2 is 1.69 bits per heavy atom. The molecule has 6 heteroatoms. The van der Waals surface area contributed by atoms with Crippen LogP contribution in [0.5, 0.6) is 23.0 Å². The zero-order valence-electron chi connectivity index (χ0n) is 16.4. The number of carbonyl (C=O) groups is 1. The molecule has 29 heavy (non-hydrogen) atoms. The van der Waals surface area contributed by atoms with Crippen LogP contribution < -0.4 is 18.9 Å². The molecule has 0 N–H and O–H groups in total. The second-order valence-corrected chi connectivity index (χ2v) is 7.78. The standard InChI is InChI=1S/C23H25NO5/c25-19(17-4-6-20-22(13-17)27-11-10-26-20)2-1-8-24-9-7-18(14-24)16-3-5-21-23(12-16)29-15-28-21/h3-6,12-13,18H,1-2,7-11,14-15H2. The average Bonchev–Trinajstić information content (AvgIpc) is 3.42. The molecule has 2 aromatic rings. The van der Waals surface area contributed by atoms with E-state index >= 15 is 0 Å². The number of hydrogen-bond acceptors (Lipinski definition) is 6. The van der Waals surface area contributed by atoms with Crippen molar-refractivity contribution in [2.75, 3.05) is 39.6 Å². The van der Waals surface area contributed by atoms with E-state index in [2.05, 4.69) is 17.0 Å². The van der Waals surface area contributed by atoms with E-state index in [1.807, 2.05) is 24.3 Å². The Balaban J connectivity index is 1.11. The highest BCUT2D eigenvalue weighted by molar-refractivity contribution is 5.96. The van der Waals surface area contributed by atoms with Crippen LogP contribution in [0.2, 0.25) is 0 Å². The van der Waals surface area contributed by atoms with E-state index < -0.39 is 0 Å². The van der Waals surface area contributed by atoms with Crippen LogP contribution >= 0.6 is 0 Å². The first-order valence-corrected chi connectivity index (χ1v) is 10.3. The summed E-state index contributed by atoms with van der Waals surface area (Å²) in [5.41, 5.74) is 2.01. The molecule has 1 fully saturated rings. The van der Waals surface area contributed by atoms with Crippen LogP contribution in [0, 0.1) is 0 Å². The van der Waals surface area contributed by atoms with Crippen LogP contribution in [0.4, 0.5) is 0 Å². The van der Waals surface area contributed by atoms with Gasteiger partial charge in [-0.1, -0.05) is 6.07 Å². The highest BCUT2D eigenvalue weighted by Crippen LogP contribution is 2.37. The predicted octanol–water partition coefficient (Wildman–Crippen LogP) is 3.64. The van der Waals surface area contributed by atoms with Crippen molar-refractivity contribution in [2.45, 2.75) is 25.2 Å². The van der Waals surface area contributed by atoms with Gasteiger partial charge in [0.05, 0.1) is 0 Å². The van der Waals surface area contributed by atoms with Gasteiger partial charge in [-0.2, -0.15) is 0 Å². The summed E-state index contributed by atoms with van der Waals surface area (Å²) in [4.78, 5) is 15.0. The molecule has 5 rings (SSSR count). The van der Waals surface area contributed by atoms with E-state index in [9.17, 15) is 4.79 Å². The molecule has 0 aromatic heterocycles. The monoisotopic (exact) mass is 395 g/mol. The average molecular weight is 395 g/mol. The molecule has 0 bridgehead atoms. The molecule has 0 aliphatic carbocycles. The quantitative estimate of drug-likeness (QED) is 0.696. The number of Topliss-reactive ketones (excluding diaryl/α,β-unsaturated/α-hetero) is 1. The number of fused-ring (bicyclic) bond motifs is 2. The molecule has 0 spiro atoms. The summed E-state index contributed by atoms with van der Waals surface area (Å²) in [6.45, 7) is 4.44. The van der Waals surface area contributed by atoms with Crippen molar-refractivity contribution >= 4 is 5.78 Å². The normalized spacial score (nSPS) is 20.1. The van der Waals surface area contributed by atoms with Gasteiger partial charge in [0.25, 0.3) is 0 Å². The van der Waals surface area contributed by atoms with Gasteiger partial charge in [0.1, 0.15) is 13.2 Å². The van der Waals surface area contributed by atoms with Crippen LogP contribution in [0.15, 0.2) is 36.4 Å². The van der Waals surface area contributed by atoms with Crippen molar-refractivity contribution in [3.63, 3.8) is 0 Å².